The quantitative estimate of drug-likeness (QED) is 0.722. The number of hydrogen-bond acceptors (Lipinski definition) is 4. The Labute approximate surface area is 142 Å². The second-order valence-corrected chi connectivity index (χ2v) is 6.08. The van der Waals surface area contributed by atoms with Gasteiger partial charge in [0.2, 0.25) is 0 Å². The zero-order chi connectivity index (χ0) is 17.1. The fraction of sp³-hybridized carbons (Fsp3) is 0.474. The van der Waals surface area contributed by atoms with Gasteiger partial charge in [0.25, 0.3) is 11.8 Å². The highest BCUT2D eigenvalue weighted by molar-refractivity contribution is 6.13. The van der Waals surface area contributed by atoms with Crippen LogP contribution in [0, 0.1) is 0 Å². The first-order valence-electron chi connectivity index (χ1n) is 8.56. The Morgan fingerprint density at radius 3 is 2.12 bits per heavy atom. The molecule has 1 aliphatic carbocycles. The number of amides is 2. The van der Waals surface area contributed by atoms with E-state index in [2.05, 4.69) is 6.92 Å². The average Bonchev–Trinajstić information content (AvgIpc) is 3.07. The van der Waals surface area contributed by atoms with Crippen molar-refractivity contribution in [3.05, 3.63) is 47.5 Å². The number of nitrogens with zero attached hydrogens (tertiary/aromatic N) is 1. The summed E-state index contributed by atoms with van der Waals surface area (Å²) in [6.45, 7) is 5.26. The molecule has 0 radical (unpaired) electrons. The highest BCUT2D eigenvalue weighted by Gasteiger charge is 2.48. The molecular formula is C19H23NO4. The lowest BCUT2D eigenvalue weighted by atomic mass is 10.1. The van der Waals surface area contributed by atoms with Gasteiger partial charge in [0.05, 0.1) is 6.04 Å². The van der Waals surface area contributed by atoms with Crippen LogP contribution in [0.3, 0.4) is 0 Å². The predicted molar refractivity (Wildman–Crippen MR) is 89.2 cm³/mol. The van der Waals surface area contributed by atoms with Crippen molar-refractivity contribution in [2.45, 2.75) is 44.9 Å². The molecule has 0 bridgehead atoms. The van der Waals surface area contributed by atoms with E-state index in [0.29, 0.717) is 13.2 Å². The lowest BCUT2D eigenvalue weighted by Crippen LogP contribution is -2.41. The third-order valence-corrected chi connectivity index (χ3v) is 4.37. The van der Waals surface area contributed by atoms with Crippen LogP contribution in [0.25, 0.3) is 0 Å². The number of carbonyl (C=O) groups is 2. The van der Waals surface area contributed by atoms with E-state index >= 15 is 0 Å². The van der Waals surface area contributed by atoms with Gasteiger partial charge in [-0.2, -0.15) is 0 Å². The van der Waals surface area contributed by atoms with Crippen LogP contribution in [-0.4, -0.2) is 36.0 Å². The molecule has 2 aliphatic rings. The van der Waals surface area contributed by atoms with Crippen molar-refractivity contribution in [2.75, 3.05) is 13.2 Å². The Hall–Kier alpha value is -1.98. The van der Waals surface area contributed by atoms with Gasteiger partial charge in [-0.3, -0.25) is 14.5 Å². The van der Waals surface area contributed by atoms with Crippen molar-refractivity contribution in [3.8, 4) is 0 Å². The Morgan fingerprint density at radius 1 is 0.917 bits per heavy atom. The maximum Gasteiger partial charge on any atom is 0.254 e. The third-order valence-electron chi connectivity index (χ3n) is 4.37. The van der Waals surface area contributed by atoms with Gasteiger partial charge >= 0.3 is 0 Å². The third kappa shape index (κ3) is 2.89. The molecule has 1 aromatic carbocycles. The summed E-state index contributed by atoms with van der Waals surface area (Å²) in [7, 11) is 0. The zero-order valence-corrected chi connectivity index (χ0v) is 14.1. The standard InChI is InChI=1S/C19H23NO4/c1-3-11-23-18-14-8-6-5-7-13(14)17(19(18)24-12-4-2)20-15(21)9-10-16(20)22/h5-10,17-19H,3-4,11-12H2,1-2H3/t17-,18-,19-/m0/s1. The predicted octanol–water partition coefficient (Wildman–Crippen LogP) is 2.93. The van der Waals surface area contributed by atoms with E-state index in [0.717, 1.165) is 24.0 Å². The smallest absolute Gasteiger partial charge is 0.254 e. The monoisotopic (exact) mass is 329 g/mol. The van der Waals surface area contributed by atoms with E-state index in [1.54, 1.807) is 0 Å². The second kappa shape index (κ2) is 7.28. The van der Waals surface area contributed by atoms with Crippen LogP contribution in [0.1, 0.15) is 50.0 Å². The van der Waals surface area contributed by atoms with E-state index in [1.165, 1.54) is 17.1 Å². The molecule has 3 atom stereocenters. The Kier molecular flexibility index (Phi) is 5.11. The zero-order valence-electron chi connectivity index (χ0n) is 14.1. The molecule has 0 fully saturated rings. The van der Waals surface area contributed by atoms with Gasteiger partial charge in [0, 0.05) is 25.4 Å². The number of carbonyl (C=O) groups excluding carboxylic acids is 2. The van der Waals surface area contributed by atoms with Crippen molar-refractivity contribution < 1.29 is 19.1 Å². The first-order chi connectivity index (χ1) is 11.7. The molecule has 0 unspecified atom stereocenters. The minimum Gasteiger partial charge on any atom is -0.373 e. The van der Waals surface area contributed by atoms with E-state index in [9.17, 15) is 9.59 Å². The summed E-state index contributed by atoms with van der Waals surface area (Å²) < 4.78 is 12.1. The molecule has 1 aromatic rings. The van der Waals surface area contributed by atoms with Gasteiger partial charge in [-0.1, -0.05) is 38.1 Å². The number of ether oxygens (including phenoxy) is 2. The van der Waals surface area contributed by atoms with Crippen molar-refractivity contribution >= 4 is 11.8 Å². The minimum absolute atomic E-state index is 0.265. The fourth-order valence-electron chi connectivity index (χ4n) is 3.39. The van der Waals surface area contributed by atoms with Crippen LogP contribution in [0.4, 0.5) is 0 Å². The highest BCUT2D eigenvalue weighted by atomic mass is 16.5. The van der Waals surface area contributed by atoms with Crippen LogP contribution in [0.5, 0.6) is 0 Å². The summed E-state index contributed by atoms with van der Waals surface area (Å²) >= 11 is 0. The molecule has 5 heteroatoms. The van der Waals surface area contributed by atoms with E-state index in [-0.39, 0.29) is 24.0 Å². The van der Waals surface area contributed by atoms with Crippen molar-refractivity contribution in [2.24, 2.45) is 0 Å². The molecule has 3 rings (SSSR count). The number of hydrogen-bond donors (Lipinski definition) is 0. The number of rotatable bonds is 7. The molecule has 1 heterocycles. The van der Waals surface area contributed by atoms with Crippen LogP contribution in [0.15, 0.2) is 36.4 Å². The first-order valence-corrected chi connectivity index (χ1v) is 8.56. The van der Waals surface area contributed by atoms with Crippen molar-refractivity contribution in [3.63, 3.8) is 0 Å². The molecule has 0 N–H and O–H groups in total. The van der Waals surface area contributed by atoms with Gasteiger partial charge in [-0.05, 0) is 24.0 Å². The van der Waals surface area contributed by atoms with Gasteiger partial charge in [0.15, 0.2) is 0 Å². The van der Waals surface area contributed by atoms with E-state index in [4.69, 9.17) is 9.47 Å². The molecule has 0 saturated heterocycles. The Balaban J connectivity index is 2.00. The molecule has 5 nitrogen and oxygen atoms in total. The molecule has 128 valence electrons. The van der Waals surface area contributed by atoms with Crippen molar-refractivity contribution in [1.29, 1.82) is 0 Å². The van der Waals surface area contributed by atoms with E-state index < -0.39 is 6.04 Å². The normalized spacial score (nSPS) is 25.6. The minimum atomic E-state index is -0.440. The summed E-state index contributed by atoms with van der Waals surface area (Å²) in [5.41, 5.74) is 1.94. The molecule has 2 amide bonds. The van der Waals surface area contributed by atoms with E-state index in [1.807, 2.05) is 31.2 Å². The maximum absolute atomic E-state index is 12.2. The van der Waals surface area contributed by atoms with Gasteiger partial charge in [0.1, 0.15) is 12.2 Å². The fourth-order valence-corrected chi connectivity index (χ4v) is 3.39. The van der Waals surface area contributed by atoms with Crippen LogP contribution in [0.2, 0.25) is 0 Å². The first kappa shape index (κ1) is 16.9. The molecular weight excluding hydrogens is 306 g/mol. The lowest BCUT2D eigenvalue weighted by molar-refractivity contribution is -0.148. The van der Waals surface area contributed by atoms with Gasteiger partial charge in [-0.15, -0.1) is 0 Å². The van der Waals surface area contributed by atoms with Crippen molar-refractivity contribution in [1.82, 2.24) is 4.90 Å². The summed E-state index contributed by atoms with van der Waals surface area (Å²) in [6, 6.07) is 7.38. The molecule has 1 aliphatic heterocycles. The maximum atomic E-state index is 12.2. The van der Waals surface area contributed by atoms with Crippen LogP contribution < -0.4 is 0 Å². The summed E-state index contributed by atoms with van der Waals surface area (Å²) in [5, 5.41) is 0. The van der Waals surface area contributed by atoms with Crippen LogP contribution in [-0.2, 0) is 19.1 Å². The van der Waals surface area contributed by atoms with Crippen LogP contribution >= 0.6 is 0 Å². The summed E-state index contributed by atoms with van der Waals surface area (Å²) in [5.74, 6) is -0.581. The Morgan fingerprint density at radius 2 is 1.50 bits per heavy atom. The lowest BCUT2D eigenvalue weighted by Gasteiger charge is -2.31. The number of imide groups is 1. The average molecular weight is 329 g/mol. The second-order valence-electron chi connectivity index (χ2n) is 6.08. The van der Waals surface area contributed by atoms with Gasteiger partial charge < -0.3 is 9.47 Å². The number of benzene rings is 1. The summed E-state index contributed by atoms with van der Waals surface area (Å²) in [6.07, 6.45) is 3.76. The van der Waals surface area contributed by atoms with Gasteiger partial charge in [-0.25, -0.2) is 0 Å². The molecule has 24 heavy (non-hydrogen) atoms. The molecule has 0 spiro atoms. The molecule has 0 aromatic heterocycles. The Bertz CT molecular complexity index is 637. The number of fused-ring (bicyclic) bond motifs is 1. The highest BCUT2D eigenvalue weighted by Crippen LogP contribution is 2.46. The largest absolute Gasteiger partial charge is 0.373 e. The topological polar surface area (TPSA) is 55.8 Å². The summed E-state index contributed by atoms with van der Waals surface area (Å²) in [4.78, 5) is 25.8. The SMILES string of the molecule is CCCO[C@@H]1[C@@H](OCCC)c2ccccc2[C@@H]1N1C(=O)C=CC1=O. The molecule has 0 saturated carbocycles.